The summed E-state index contributed by atoms with van der Waals surface area (Å²) in [5.74, 6) is 0.934. The Kier molecular flexibility index (Phi) is 7.63. The number of rotatable bonds is 10. The molecule has 130 valence electrons. The fourth-order valence-electron chi connectivity index (χ4n) is 2.89. The summed E-state index contributed by atoms with van der Waals surface area (Å²) in [6.07, 6.45) is 4.88. The van der Waals surface area contributed by atoms with Gasteiger partial charge in [0, 0.05) is 19.3 Å². The lowest BCUT2D eigenvalue weighted by Gasteiger charge is -2.29. The zero-order valence-corrected chi connectivity index (χ0v) is 14.9. The second-order valence-electron chi connectivity index (χ2n) is 6.18. The number of unbranched alkanes of at least 4 members (excludes halogenated alkanes) is 3. The van der Waals surface area contributed by atoms with E-state index in [1.54, 1.807) is 0 Å². The summed E-state index contributed by atoms with van der Waals surface area (Å²) in [6, 6.07) is 18.8. The Morgan fingerprint density at radius 1 is 1.00 bits per heavy atom. The van der Waals surface area contributed by atoms with Gasteiger partial charge in [-0.1, -0.05) is 56.5 Å². The van der Waals surface area contributed by atoms with Gasteiger partial charge in [0.25, 0.3) is 0 Å². The molecule has 0 heterocycles. The maximum atomic E-state index is 6.07. The molecule has 2 N–H and O–H groups in total. The maximum absolute atomic E-state index is 6.07. The molecular weight excluding hydrogens is 296 g/mol. The SMILES string of the molecule is CCCCCCOc1cccc(C(CN)N(C)c2ccccc2)c1. The van der Waals surface area contributed by atoms with Gasteiger partial charge in [0.2, 0.25) is 0 Å². The van der Waals surface area contributed by atoms with Gasteiger partial charge in [-0.2, -0.15) is 0 Å². The van der Waals surface area contributed by atoms with Crippen LogP contribution in [0.25, 0.3) is 0 Å². The van der Waals surface area contributed by atoms with Crippen LogP contribution in [0.5, 0.6) is 5.75 Å². The lowest BCUT2D eigenvalue weighted by molar-refractivity contribution is 0.304. The first-order valence-corrected chi connectivity index (χ1v) is 8.97. The van der Waals surface area contributed by atoms with E-state index < -0.39 is 0 Å². The monoisotopic (exact) mass is 326 g/mol. The van der Waals surface area contributed by atoms with Crippen molar-refractivity contribution < 1.29 is 4.74 Å². The number of ether oxygens (including phenoxy) is 1. The smallest absolute Gasteiger partial charge is 0.119 e. The minimum atomic E-state index is 0.135. The number of para-hydroxylation sites is 1. The third-order valence-electron chi connectivity index (χ3n) is 4.36. The molecule has 1 atom stereocenters. The van der Waals surface area contributed by atoms with Crippen LogP contribution in [0.15, 0.2) is 54.6 Å². The van der Waals surface area contributed by atoms with Gasteiger partial charge in [0.15, 0.2) is 0 Å². The molecule has 1 unspecified atom stereocenters. The lowest BCUT2D eigenvalue weighted by Crippen LogP contribution is -2.30. The number of likely N-dealkylation sites (N-methyl/N-ethyl adjacent to an activating group) is 1. The summed E-state index contributed by atoms with van der Waals surface area (Å²) in [6.45, 7) is 3.57. The van der Waals surface area contributed by atoms with Gasteiger partial charge in [0.05, 0.1) is 12.6 Å². The molecule has 0 radical (unpaired) electrons. The van der Waals surface area contributed by atoms with Gasteiger partial charge in [-0.3, -0.25) is 0 Å². The molecule has 0 spiro atoms. The quantitative estimate of drug-likeness (QED) is 0.638. The Bertz CT molecular complexity index is 585. The molecule has 2 rings (SSSR count). The van der Waals surface area contributed by atoms with Crippen molar-refractivity contribution in [1.29, 1.82) is 0 Å². The molecule has 24 heavy (non-hydrogen) atoms. The van der Waals surface area contributed by atoms with Gasteiger partial charge in [-0.05, 0) is 36.2 Å². The standard InChI is InChI=1S/C21H30N2O/c1-3-4-5-9-15-24-20-14-10-11-18(16-20)21(17-22)23(2)19-12-7-6-8-13-19/h6-8,10-14,16,21H,3-5,9,15,17,22H2,1-2H3. The first kappa shape index (κ1) is 18.3. The molecule has 0 aliphatic rings. The number of nitrogens with two attached hydrogens (primary N) is 1. The molecule has 0 amide bonds. The number of nitrogens with zero attached hydrogens (tertiary/aromatic N) is 1. The van der Waals surface area contributed by atoms with Gasteiger partial charge in [-0.25, -0.2) is 0 Å². The molecule has 0 aliphatic carbocycles. The molecule has 0 aromatic heterocycles. The predicted octanol–water partition coefficient (Wildman–Crippen LogP) is 4.78. The van der Waals surface area contributed by atoms with Crippen molar-refractivity contribution >= 4 is 5.69 Å². The van der Waals surface area contributed by atoms with E-state index in [9.17, 15) is 0 Å². The van der Waals surface area contributed by atoms with E-state index in [0.29, 0.717) is 6.54 Å². The largest absolute Gasteiger partial charge is 0.494 e. The van der Waals surface area contributed by atoms with Crippen molar-refractivity contribution in [2.75, 3.05) is 25.1 Å². The van der Waals surface area contributed by atoms with Crippen molar-refractivity contribution in [3.8, 4) is 5.75 Å². The van der Waals surface area contributed by atoms with Crippen molar-refractivity contribution in [1.82, 2.24) is 0 Å². The number of anilines is 1. The average molecular weight is 326 g/mol. The Balaban J connectivity index is 2.02. The second-order valence-corrected chi connectivity index (χ2v) is 6.18. The highest BCUT2D eigenvalue weighted by molar-refractivity contribution is 5.48. The van der Waals surface area contributed by atoms with Gasteiger partial charge in [-0.15, -0.1) is 0 Å². The van der Waals surface area contributed by atoms with E-state index in [1.807, 2.05) is 12.1 Å². The van der Waals surface area contributed by atoms with E-state index in [-0.39, 0.29) is 6.04 Å². The average Bonchev–Trinajstić information content (AvgIpc) is 2.63. The Morgan fingerprint density at radius 2 is 1.79 bits per heavy atom. The summed E-state index contributed by atoms with van der Waals surface area (Å²) in [5, 5.41) is 0. The normalized spacial score (nSPS) is 12.0. The molecule has 2 aromatic carbocycles. The summed E-state index contributed by atoms with van der Waals surface area (Å²) >= 11 is 0. The number of hydrogen-bond acceptors (Lipinski definition) is 3. The van der Waals surface area contributed by atoms with Gasteiger partial charge >= 0.3 is 0 Å². The number of benzene rings is 2. The fraction of sp³-hybridized carbons (Fsp3) is 0.429. The molecule has 2 aromatic rings. The summed E-state index contributed by atoms with van der Waals surface area (Å²) in [4.78, 5) is 2.22. The van der Waals surface area contributed by atoms with Gasteiger partial charge < -0.3 is 15.4 Å². The highest BCUT2D eigenvalue weighted by Gasteiger charge is 2.16. The van der Waals surface area contributed by atoms with E-state index in [0.717, 1.165) is 18.8 Å². The predicted molar refractivity (Wildman–Crippen MR) is 103 cm³/mol. The molecule has 0 bridgehead atoms. The summed E-state index contributed by atoms with van der Waals surface area (Å²) in [5.41, 5.74) is 8.42. The van der Waals surface area contributed by atoms with E-state index in [2.05, 4.69) is 61.3 Å². The third-order valence-corrected chi connectivity index (χ3v) is 4.36. The molecule has 3 nitrogen and oxygen atoms in total. The van der Waals surface area contributed by atoms with Crippen LogP contribution in [0.4, 0.5) is 5.69 Å². The van der Waals surface area contributed by atoms with Crippen LogP contribution in [-0.2, 0) is 0 Å². The highest BCUT2D eigenvalue weighted by atomic mass is 16.5. The lowest BCUT2D eigenvalue weighted by atomic mass is 10.0. The molecule has 3 heteroatoms. The molecule has 0 saturated carbocycles. The third kappa shape index (κ3) is 5.27. The summed E-state index contributed by atoms with van der Waals surface area (Å²) in [7, 11) is 2.09. The zero-order chi connectivity index (χ0) is 17.2. The van der Waals surface area contributed by atoms with Crippen LogP contribution in [0.3, 0.4) is 0 Å². The van der Waals surface area contributed by atoms with Crippen LogP contribution in [0.1, 0.15) is 44.2 Å². The highest BCUT2D eigenvalue weighted by Crippen LogP contribution is 2.27. The topological polar surface area (TPSA) is 38.5 Å². The van der Waals surface area contributed by atoms with E-state index in [1.165, 1.54) is 30.5 Å². The van der Waals surface area contributed by atoms with Crippen LogP contribution in [-0.4, -0.2) is 20.2 Å². The van der Waals surface area contributed by atoms with Crippen LogP contribution in [0.2, 0.25) is 0 Å². The summed E-state index contributed by atoms with van der Waals surface area (Å²) < 4.78 is 5.91. The first-order chi connectivity index (χ1) is 11.8. The van der Waals surface area contributed by atoms with Crippen molar-refractivity contribution in [3.63, 3.8) is 0 Å². The van der Waals surface area contributed by atoms with Crippen molar-refractivity contribution in [2.24, 2.45) is 5.73 Å². The van der Waals surface area contributed by atoms with E-state index >= 15 is 0 Å². The fourth-order valence-corrected chi connectivity index (χ4v) is 2.89. The van der Waals surface area contributed by atoms with Crippen molar-refractivity contribution in [3.05, 3.63) is 60.2 Å². The van der Waals surface area contributed by atoms with Crippen LogP contribution >= 0.6 is 0 Å². The molecule has 0 saturated heterocycles. The Morgan fingerprint density at radius 3 is 2.50 bits per heavy atom. The minimum absolute atomic E-state index is 0.135. The maximum Gasteiger partial charge on any atom is 0.119 e. The zero-order valence-electron chi connectivity index (χ0n) is 14.9. The van der Waals surface area contributed by atoms with Crippen LogP contribution in [0, 0.1) is 0 Å². The molecular formula is C21H30N2O. The molecule has 0 aliphatic heterocycles. The Hall–Kier alpha value is -2.00. The Labute approximate surface area is 146 Å². The number of hydrogen-bond donors (Lipinski definition) is 1. The van der Waals surface area contributed by atoms with Crippen molar-refractivity contribution in [2.45, 2.75) is 38.6 Å². The molecule has 0 fully saturated rings. The second kappa shape index (κ2) is 9.99. The van der Waals surface area contributed by atoms with Gasteiger partial charge in [0.1, 0.15) is 5.75 Å². The van der Waals surface area contributed by atoms with Crippen LogP contribution < -0.4 is 15.4 Å². The minimum Gasteiger partial charge on any atom is -0.494 e. The first-order valence-electron chi connectivity index (χ1n) is 8.97. The van der Waals surface area contributed by atoms with E-state index in [4.69, 9.17) is 10.5 Å².